The van der Waals surface area contributed by atoms with Crippen molar-refractivity contribution in [1.82, 2.24) is 0 Å². The van der Waals surface area contributed by atoms with Gasteiger partial charge in [0, 0.05) is 5.02 Å². The van der Waals surface area contributed by atoms with Crippen LogP contribution in [0.5, 0.6) is 0 Å². The molecule has 1 aromatic rings. The molecule has 0 N–H and O–H groups in total. The summed E-state index contributed by atoms with van der Waals surface area (Å²) in [5, 5.41) is 2.35. The van der Waals surface area contributed by atoms with Crippen LogP contribution in [0.25, 0.3) is 0 Å². The van der Waals surface area contributed by atoms with Crippen molar-refractivity contribution in [2.45, 2.75) is 12.2 Å². The molecule has 0 aliphatic carbocycles. The van der Waals surface area contributed by atoms with Crippen LogP contribution in [0.2, 0.25) is 5.02 Å². The van der Waals surface area contributed by atoms with E-state index in [1.54, 1.807) is 0 Å². The highest BCUT2D eigenvalue weighted by Crippen LogP contribution is 2.35. The fourth-order valence-corrected chi connectivity index (χ4v) is 1.08. The predicted molar refractivity (Wildman–Crippen MR) is 46.0 cm³/mol. The van der Waals surface area contributed by atoms with Crippen LogP contribution in [0.3, 0.4) is 0 Å². The Morgan fingerprint density at radius 3 is 2.07 bits per heavy atom. The van der Waals surface area contributed by atoms with E-state index in [1.165, 1.54) is 12.1 Å². The Kier molecular flexibility index (Phi) is 3.10. The van der Waals surface area contributed by atoms with Gasteiger partial charge < -0.3 is 0 Å². The quantitative estimate of drug-likeness (QED) is 0.703. The smallest absolute Gasteiger partial charge is 0.168 e. The van der Waals surface area contributed by atoms with Gasteiger partial charge in [-0.05, 0) is 17.7 Å². The molecule has 0 aliphatic rings. The van der Waals surface area contributed by atoms with Gasteiger partial charge in [-0.2, -0.15) is 13.2 Å². The molecule has 2 nitrogen and oxygen atoms in total. The van der Waals surface area contributed by atoms with Gasteiger partial charge in [0.1, 0.15) is 0 Å². The molecule has 0 amide bonds. The third-order valence-corrected chi connectivity index (χ3v) is 1.85. The summed E-state index contributed by atoms with van der Waals surface area (Å²) < 4.78 is 36.5. The van der Waals surface area contributed by atoms with Crippen LogP contribution in [-0.2, 0) is 0 Å². The highest BCUT2D eigenvalue weighted by Gasteiger charge is 2.42. The summed E-state index contributed by atoms with van der Waals surface area (Å²) in [6.45, 7) is 0. The Hall–Kier alpha value is -1.10. The van der Waals surface area contributed by atoms with Crippen molar-refractivity contribution in [3.8, 4) is 0 Å². The zero-order valence-electron chi connectivity index (χ0n) is 6.75. The van der Waals surface area contributed by atoms with E-state index in [1.807, 2.05) is 5.18 Å². The topological polar surface area (TPSA) is 29.4 Å². The summed E-state index contributed by atoms with van der Waals surface area (Å²) in [6, 6.07) is 2.49. The molecule has 0 aromatic heterocycles. The molecule has 76 valence electrons. The second kappa shape index (κ2) is 3.96. The third-order valence-electron chi connectivity index (χ3n) is 1.60. The molecule has 1 unspecified atom stereocenters. The minimum atomic E-state index is -4.66. The lowest BCUT2D eigenvalue weighted by molar-refractivity contribution is -0.148. The summed E-state index contributed by atoms with van der Waals surface area (Å²) >= 11 is 5.48. The molecule has 0 radical (unpaired) electrons. The van der Waals surface area contributed by atoms with Crippen LogP contribution in [0, 0.1) is 4.91 Å². The number of nitroso groups, excluding NO2 is 1. The lowest BCUT2D eigenvalue weighted by Crippen LogP contribution is -2.18. The fraction of sp³-hybridized carbons (Fsp3) is 0.250. The molecular formula is C8H5ClF3NO. The Bertz CT molecular complexity index is 322. The van der Waals surface area contributed by atoms with Crippen LogP contribution in [0.15, 0.2) is 29.4 Å². The first-order valence-electron chi connectivity index (χ1n) is 3.60. The average Bonchev–Trinajstić information content (AvgIpc) is 2.07. The monoisotopic (exact) mass is 223 g/mol. The molecule has 0 saturated carbocycles. The minimum absolute atomic E-state index is 0.211. The maximum atomic E-state index is 12.2. The van der Waals surface area contributed by atoms with E-state index in [0.717, 1.165) is 12.1 Å². The molecule has 14 heavy (non-hydrogen) atoms. The van der Waals surface area contributed by atoms with E-state index < -0.39 is 12.2 Å². The summed E-state index contributed by atoms with van der Waals surface area (Å²) in [5.74, 6) is 0. The van der Waals surface area contributed by atoms with Gasteiger partial charge in [0.25, 0.3) is 0 Å². The number of rotatable bonds is 2. The summed E-state index contributed by atoms with van der Waals surface area (Å²) in [6.07, 6.45) is -4.66. The van der Waals surface area contributed by atoms with E-state index in [-0.39, 0.29) is 5.56 Å². The number of nitrogens with zero attached hydrogens (tertiary/aromatic N) is 1. The Balaban J connectivity index is 3.02. The highest BCUT2D eigenvalue weighted by molar-refractivity contribution is 6.30. The molecule has 0 saturated heterocycles. The Morgan fingerprint density at radius 1 is 1.21 bits per heavy atom. The molecular weight excluding hydrogens is 219 g/mol. The van der Waals surface area contributed by atoms with Crippen LogP contribution >= 0.6 is 11.6 Å². The van der Waals surface area contributed by atoms with Crippen molar-refractivity contribution in [1.29, 1.82) is 0 Å². The first-order valence-corrected chi connectivity index (χ1v) is 3.97. The average molecular weight is 224 g/mol. The first kappa shape index (κ1) is 11.0. The molecule has 1 atom stereocenters. The Labute approximate surface area is 82.7 Å². The lowest BCUT2D eigenvalue weighted by atomic mass is 10.1. The van der Waals surface area contributed by atoms with E-state index >= 15 is 0 Å². The van der Waals surface area contributed by atoms with Crippen molar-refractivity contribution in [3.05, 3.63) is 39.8 Å². The minimum Gasteiger partial charge on any atom is -0.168 e. The van der Waals surface area contributed by atoms with E-state index in [4.69, 9.17) is 11.6 Å². The van der Waals surface area contributed by atoms with Crippen LogP contribution in [-0.4, -0.2) is 6.18 Å². The molecule has 1 aromatic carbocycles. The van der Waals surface area contributed by atoms with Crippen molar-refractivity contribution in [2.75, 3.05) is 0 Å². The maximum absolute atomic E-state index is 12.2. The molecule has 0 heterocycles. The van der Waals surface area contributed by atoms with Gasteiger partial charge in [-0.1, -0.05) is 28.9 Å². The second-order valence-corrected chi connectivity index (χ2v) is 3.04. The number of benzene rings is 1. The van der Waals surface area contributed by atoms with Gasteiger partial charge >= 0.3 is 6.18 Å². The lowest BCUT2D eigenvalue weighted by Gasteiger charge is -2.12. The number of alkyl halides is 3. The molecule has 1 rings (SSSR count). The van der Waals surface area contributed by atoms with Crippen LogP contribution < -0.4 is 0 Å². The Morgan fingerprint density at radius 2 is 1.71 bits per heavy atom. The van der Waals surface area contributed by atoms with E-state index in [0.29, 0.717) is 5.02 Å². The van der Waals surface area contributed by atoms with Gasteiger partial charge in [-0.15, -0.1) is 4.91 Å². The predicted octanol–water partition coefficient (Wildman–Crippen LogP) is 3.71. The largest absolute Gasteiger partial charge is 0.418 e. The zero-order chi connectivity index (χ0) is 10.8. The summed E-state index contributed by atoms with van der Waals surface area (Å²) in [7, 11) is 0. The van der Waals surface area contributed by atoms with Gasteiger partial charge in [0.05, 0.1) is 0 Å². The van der Waals surface area contributed by atoms with Crippen molar-refractivity contribution in [2.24, 2.45) is 5.18 Å². The van der Waals surface area contributed by atoms with Crippen molar-refractivity contribution < 1.29 is 13.2 Å². The third kappa shape index (κ3) is 2.45. The van der Waals surface area contributed by atoms with Gasteiger partial charge in [-0.25, -0.2) is 0 Å². The first-order chi connectivity index (χ1) is 6.45. The number of halogens is 4. The van der Waals surface area contributed by atoms with Crippen molar-refractivity contribution in [3.63, 3.8) is 0 Å². The zero-order valence-corrected chi connectivity index (χ0v) is 7.51. The number of hydrogen-bond acceptors (Lipinski definition) is 2. The molecule has 0 aliphatic heterocycles. The SMILES string of the molecule is O=NC(c1ccc(Cl)cc1)C(F)(F)F. The second-order valence-electron chi connectivity index (χ2n) is 2.60. The van der Waals surface area contributed by atoms with E-state index in [9.17, 15) is 18.1 Å². The molecule has 6 heteroatoms. The van der Waals surface area contributed by atoms with Gasteiger partial charge in [-0.3, -0.25) is 0 Å². The van der Waals surface area contributed by atoms with Gasteiger partial charge in [0.15, 0.2) is 0 Å². The number of hydrogen-bond donors (Lipinski definition) is 0. The molecule has 0 spiro atoms. The summed E-state index contributed by atoms with van der Waals surface area (Å²) in [4.78, 5) is 10.0. The summed E-state index contributed by atoms with van der Waals surface area (Å²) in [5.41, 5.74) is -0.211. The highest BCUT2D eigenvalue weighted by atomic mass is 35.5. The molecule has 0 fully saturated rings. The van der Waals surface area contributed by atoms with Crippen molar-refractivity contribution >= 4 is 11.6 Å². The fourth-order valence-electron chi connectivity index (χ4n) is 0.955. The maximum Gasteiger partial charge on any atom is 0.418 e. The standard InChI is InChI=1S/C8H5ClF3NO/c9-6-3-1-5(2-4-6)7(13-14)8(10,11)12/h1-4,7H. The van der Waals surface area contributed by atoms with Gasteiger partial charge in [0.2, 0.25) is 6.04 Å². The molecule has 0 bridgehead atoms. The van der Waals surface area contributed by atoms with Crippen LogP contribution in [0.4, 0.5) is 13.2 Å². The van der Waals surface area contributed by atoms with Crippen LogP contribution in [0.1, 0.15) is 11.6 Å². The normalized spacial score (nSPS) is 13.7. The van der Waals surface area contributed by atoms with E-state index in [2.05, 4.69) is 0 Å².